The fourth-order valence-electron chi connectivity index (χ4n) is 17.5. The molecule has 0 atom stereocenters. The molecule has 2 aliphatic heterocycles. The molecular weight excluding hydrogens is 1520 g/mol. The van der Waals surface area contributed by atoms with Gasteiger partial charge in [-0.15, -0.1) is 0 Å². The van der Waals surface area contributed by atoms with Gasteiger partial charge >= 0.3 is 0 Å². The molecule has 7 heterocycles. The Hall–Kier alpha value is -16.9. The number of fused-ring (bicyclic) bond motifs is 7. The van der Waals surface area contributed by atoms with Crippen LogP contribution in [0.5, 0.6) is 0 Å². The molecular formula is C109H69BN14. The summed E-state index contributed by atoms with van der Waals surface area (Å²) in [6.07, 6.45) is 0. The molecule has 16 aromatic carbocycles. The number of anilines is 6. The molecule has 0 N–H and O–H groups in total. The molecule has 14 nitrogen and oxygen atoms in total. The van der Waals surface area contributed by atoms with Gasteiger partial charge in [0.05, 0.1) is 28.1 Å². The lowest BCUT2D eigenvalue weighted by Crippen LogP contribution is -2.61. The fourth-order valence-corrected chi connectivity index (χ4v) is 17.5. The smallest absolute Gasteiger partial charge is 0.252 e. The SMILES string of the molecule is c1ccc(-c2cc(-c3ccccc3)nc(-c3ccc(-n4c5ccc(-c6nc(-c7ccccc7)nc(-c7ccccc7)n6)cc5c5cc(-c6nc(-c7ccccc7)nc(-c7ccccc7)n6)ccc54)c(-c4nc(-c5ccccc5)nc(-c5cccc(-c6cc7c8c(c6)N(c6ccccc6)c6ccccc6B8c6ccccc6N7c6ccccc6)c5)n4)c3)n2)cc1. The topological polar surface area (TPSA) is 153 Å². The average Bonchev–Trinajstić information content (AvgIpc) is 0.897. The first-order valence-corrected chi connectivity index (χ1v) is 41.4. The van der Waals surface area contributed by atoms with Gasteiger partial charge in [-0.25, -0.2) is 54.8 Å². The average molecular weight is 1590 g/mol. The highest BCUT2D eigenvalue weighted by molar-refractivity contribution is 7.00. The monoisotopic (exact) mass is 1580 g/mol. The molecule has 2 aliphatic rings. The summed E-state index contributed by atoms with van der Waals surface area (Å²) in [5, 5.41) is 1.80. The van der Waals surface area contributed by atoms with Gasteiger partial charge in [0.1, 0.15) is 0 Å². The quantitative estimate of drug-likeness (QED) is 0.0844. The first-order chi connectivity index (χ1) is 61.4. The highest BCUT2D eigenvalue weighted by Crippen LogP contribution is 2.48. The van der Waals surface area contributed by atoms with Gasteiger partial charge in [0, 0.05) is 112 Å². The molecule has 0 aliphatic carbocycles. The maximum atomic E-state index is 5.81. The molecule has 23 rings (SSSR count). The van der Waals surface area contributed by atoms with E-state index in [0.29, 0.717) is 63.8 Å². The van der Waals surface area contributed by atoms with E-state index in [4.69, 9.17) is 54.8 Å². The van der Waals surface area contributed by atoms with Crippen molar-refractivity contribution in [1.29, 1.82) is 0 Å². The van der Waals surface area contributed by atoms with Crippen molar-refractivity contribution in [3.8, 4) is 153 Å². The highest BCUT2D eigenvalue weighted by Gasteiger charge is 2.44. The fraction of sp³-hybridized carbons (Fsp3) is 0. The minimum atomic E-state index is -0.0583. The Morgan fingerprint density at radius 1 is 0.177 bits per heavy atom. The van der Waals surface area contributed by atoms with E-state index in [9.17, 15) is 0 Å². The normalized spacial score (nSPS) is 12.0. The summed E-state index contributed by atoms with van der Waals surface area (Å²) in [6.45, 7) is -0.0583. The van der Waals surface area contributed by atoms with Gasteiger partial charge in [0.2, 0.25) is 0 Å². The maximum Gasteiger partial charge on any atom is 0.252 e. The minimum absolute atomic E-state index is 0.0583. The van der Waals surface area contributed by atoms with Crippen LogP contribution in [0.4, 0.5) is 34.1 Å². The molecule has 0 amide bonds. The molecule has 5 aromatic heterocycles. The zero-order chi connectivity index (χ0) is 82.0. The Morgan fingerprint density at radius 3 is 0.871 bits per heavy atom. The Kier molecular flexibility index (Phi) is 18.0. The van der Waals surface area contributed by atoms with E-state index in [1.54, 1.807) is 0 Å². The highest BCUT2D eigenvalue weighted by atomic mass is 15.2. The van der Waals surface area contributed by atoms with Crippen molar-refractivity contribution < 1.29 is 0 Å². The zero-order valence-corrected chi connectivity index (χ0v) is 66.7. The van der Waals surface area contributed by atoms with Crippen LogP contribution in [0.15, 0.2) is 419 Å². The Labute approximate surface area is 715 Å². The van der Waals surface area contributed by atoms with E-state index in [0.717, 1.165) is 145 Å². The zero-order valence-electron chi connectivity index (χ0n) is 66.7. The van der Waals surface area contributed by atoms with Gasteiger partial charge in [-0.1, -0.05) is 303 Å². The number of hydrogen-bond acceptors (Lipinski definition) is 13. The van der Waals surface area contributed by atoms with Crippen molar-refractivity contribution in [3.63, 3.8) is 0 Å². The van der Waals surface area contributed by atoms with E-state index in [1.165, 1.54) is 16.4 Å². The molecule has 0 saturated heterocycles. The Balaban J connectivity index is 0.765. The predicted molar refractivity (Wildman–Crippen MR) is 501 cm³/mol. The number of benzene rings is 16. The van der Waals surface area contributed by atoms with Crippen LogP contribution in [-0.2, 0) is 0 Å². The molecule has 21 aromatic rings. The largest absolute Gasteiger partial charge is 0.311 e. The van der Waals surface area contributed by atoms with Gasteiger partial charge in [0.25, 0.3) is 6.71 Å². The van der Waals surface area contributed by atoms with Gasteiger partial charge in [-0.05, 0) is 143 Å². The standard InChI is InChI=1S/C109H69BN14/c1-10-33-70(34-11-1)90-69-91(71-35-12-2-13-36-71)112-105(111-90)81-59-62-94(124-92-60-57-79(107-115-100(72-37-14-3-15-38-72)113-101(116-107)73-39-16-4-17-40-73)64-85(92)86-65-80(58-61-93(86)124)108-117-102(74-41-18-5-19-42-74)114-103(118-108)75-43-20-6-21-44-75)87(66-81)109-120-104(76-45-22-7-23-46-76)119-106(121-109)78-48-32-47-77(63-78)82-67-97-99-98(68-82)123(84-51-26-9-27-52-84)96-56-31-29-54-89(96)110(99)88-53-28-30-55-95(88)122(97)83-49-24-8-25-50-83/h1-69H. The van der Waals surface area contributed by atoms with Gasteiger partial charge in [0.15, 0.2) is 58.2 Å². The Morgan fingerprint density at radius 2 is 0.476 bits per heavy atom. The third-order valence-electron chi connectivity index (χ3n) is 23.3. The van der Waals surface area contributed by atoms with Crippen molar-refractivity contribution in [1.82, 2.24) is 59.4 Å². The second-order valence-electron chi connectivity index (χ2n) is 30.9. The first-order valence-electron chi connectivity index (χ1n) is 41.4. The summed E-state index contributed by atoms with van der Waals surface area (Å²) in [5.41, 5.74) is 26.2. The van der Waals surface area contributed by atoms with Crippen molar-refractivity contribution >= 4 is 79.0 Å². The van der Waals surface area contributed by atoms with Crippen LogP contribution >= 0.6 is 0 Å². The van der Waals surface area contributed by atoms with E-state index in [1.807, 2.05) is 176 Å². The lowest BCUT2D eigenvalue weighted by molar-refractivity contribution is 1.06. The van der Waals surface area contributed by atoms with Crippen molar-refractivity contribution in [2.45, 2.75) is 0 Å². The molecule has 0 bridgehead atoms. The third-order valence-corrected chi connectivity index (χ3v) is 23.3. The number of nitrogens with zero attached hydrogens (tertiary/aromatic N) is 14. The van der Waals surface area contributed by atoms with Crippen LogP contribution in [-0.4, -0.2) is 66.1 Å². The molecule has 0 spiro atoms. The number of aromatic nitrogens is 12. The van der Waals surface area contributed by atoms with Crippen molar-refractivity contribution in [2.75, 3.05) is 9.80 Å². The molecule has 15 heteroatoms. The second-order valence-corrected chi connectivity index (χ2v) is 30.9. The lowest BCUT2D eigenvalue weighted by atomic mass is 9.33. The van der Waals surface area contributed by atoms with Crippen molar-refractivity contribution in [2.24, 2.45) is 0 Å². The van der Waals surface area contributed by atoms with Crippen LogP contribution in [0.3, 0.4) is 0 Å². The van der Waals surface area contributed by atoms with E-state index >= 15 is 0 Å². The first kappa shape index (κ1) is 72.3. The number of rotatable bonds is 16. The van der Waals surface area contributed by atoms with Gasteiger partial charge in [-0.3, -0.25) is 0 Å². The van der Waals surface area contributed by atoms with Gasteiger partial charge in [-0.2, -0.15) is 0 Å². The molecule has 0 saturated carbocycles. The van der Waals surface area contributed by atoms with Crippen molar-refractivity contribution in [3.05, 3.63) is 419 Å². The number of para-hydroxylation sites is 4. The molecule has 578 valence electrons. The summed E-state index contributed by atoms with van der Waals surface area (Å²) in [6, 6.07) is 145. The molecule has 0 radical (unpaired) electrons. The van der Waals surface area contributed by atoms with Gasteiger partial charge < -0.3 is 14.4 Å². The molecule has 0 unspecified atom stereocenters. The van der Waals surface area contributed by atoms with E-state index < -0.39 is 0 Å². The van der Waals surface area contributed by atoms with E-state index in [-0.39, 0.29) is 6.71 Å². The lowest BCUT2D eigenvalue weighted by Gasteiger charge is -2.44. The second kappa shape index (κ2) is 30.8. The Bertz CT molecular complexity index is 7200. The molecule has 124 heavy (non-hydrogen) atoms. The minimum Gasteiger partial charge on any atom is -0.311 e. The van der Waals surface area contributed by atoms with Crippen LogP contribution in [0.1, 0.15) is 0 Å². The van der Waals surface area contributed by atoms with Crippen LogP contribution in [0.2, 0.25) is 0 Å². The van der Waals surface area contributed by atoms with Crippen LogP contribution in [0, 0.1) is 0 Å². The number of hydrogen-bond donors (Lipinski definition) is 0. The maximum absolute atomic E-state index is 5.81. The summed E-state index contributed by atoms with van der Waals surface area (Å²) in [7, 11) is 0. The summed E-state index contributed by atoms with van der Waals surface area (Å²) in [5.74, 6) is 5.09. The summed E-state index contributed by atoms with van der Waals surface area (Å²) in [4.78, 5) is 64.4. The summed E-state index contributed by atoms with van der Waals surface area (Å²) < 4.78 is 2.32. The predicted octanol–water partition coefficient (Wildman–Crippen LogP) is 23.9. The van der Waals surface area contributed by atoms with E-state index in [2.05, 4.69) is 257 Å². The summed E-state index contributed by atoms with van der Waals surface area (Å²) >= 11 is 0. The molecule has 0 fully saturated rings. The van der Waals surface area contributed by atoms with Crippen LogP contribution in [0.25, 0.3) is 175 Å². The van der Waals surface area contributed by atoms with Crippen LogP contribution < -0.4 is 26.2 Å². The third kappa shape index (κ3) is 13.2.